The van der Waals surface area contributed by atoms with Crippen LogP contribution in [0.1, 0.15) is 33.5 Å². The number of carbonyl (C=O) groups excluding carboxylic acids is 1. The van der Waals surface area contributed by atoms with E-state index in [2.05, 4.69) is 49.2 Å². The van der Waals surface area contributed by atoms with E-state index in [9.17, 15) is 4.79 Å². The van der Waals surface area contributed by atoms with Gasteiger partial charge < -0.3 is 9.84 Å². The topological polar surface area (TPSA) is 68.0 Å². The summed E-state index contributed by atoms with van der Waals surface area (Å²) in [5.74, 6) is 1.36. The fraction of sp³-hybridized carbons (Fsp3) is 0.471. The number of rotatable bonds is 5. The van der Waals surface area contributed by atoms with Gasteiger partial charge in [-0.3, -0.25) is 4.79 Å². The SMILES string of the molecule is CC(C)=C[C@@H]1[C@@H](C(=O)NCc2noc(-c3ccsc3)n2)C1(C)C. The molecular formula is C17H21N3O2S. The number of hydrogen-bond donors (Lipinski definition) is 1. The van der Waals surface area contributed by atoms with Gasteiger partial charge in [0.2, 0.25) is 5.91 Å². The van der Waals surface area contributed by atoms with E-state index in [0.717, 1.165) is 5.56 Å². The molecule has 0 spiro atoms. The predicted octanol–water partition coefficient (Wildman–Crippen LogP) is 3.65. The van der Waals surface area contributed by atoms with Crippen molar-refractivity contribution < 1.29 is 9.32 Å². The van der Waals surface area contributed by atoms with E-state index < -0.39 is 0 Å². The molecule has 0 unspecified atom stereocenters. The van der Waals surface area contributed by atoms with Gasteiger partial charge in [-0.15, -0.1) is 0 Å². The minimum atomic E-state index is 0.0143. The van der Waals surface area contributed by atoms with Crippen molar-refractivity contribution in [2.24, 2.45) is 17.3 Å². The molecule has 1 aliphatic carbocycles. The van der Waals surface area contributed by atoms with Gasteiger partial charge in [-0.2, -0.15) is 16.3 Å². The first kappa shape index (κ1) is 15.9. The molecule has 0 aromatic carbocycles. The molecule has 1 fully saturated rings. The number of carbonyl (C=O) groups is 1. The van der Waals surface area contributed by atoms with E-state index in [1.165, 1.54) is 5.57 Å². The van der Waals surface area contributed by atoms with E-state index in [-0.39, 0.29) is 17.2 Å². The molecule has 1 amide bonds. The smallest absolute Gasteiger partial charge is 0.258 e. The lowest BCUT2D eigenvalue weighted by Gasteiger charge is -2.03. The van der Waals surface area contributed by atoms with Gasteiger partial charge in [0.05, 0.1) is 18.0 Å². The molecule has 0 radical (unpaired) electrons. The van der Waals surface area contributed by atoms with Crippen LogP contribution in [-0.2, 0) is 11.3 Å². The monoisotopic (exact) mass is 331 g/mol. The average molecular weight is 331 g/mol. The van der Waals surface area contributed by atoms with Crippen molar-refractivity contribution in [3.8, 4) is 11.5 Å². The Balaban J connectivity index is 1.59. The van der Waals surface area contributed by atoms with Crippen LogP contribution in [0.3, 0.4) is 0 Å². The Labute approximate surface area is 139 Å². The second-order valence-electron chi connectivity index (χ2n) is 6.81. The Morgan fingerprint density at radius 1 is 1.48 bits per heavy atom. The zero-order valence-corrected chi connectivity index (χ0v) is 14.6. The summed E-state index contributed by atoms with van der Waals surface area (Å²) in [4.78, 5) is 16.7. The standard InChI is InChI=1S/C17H21N3O2S/c1-10(2)7-12-14(17(12,3)4)15(21)18-8-13-19-16(22-20-13)11-5-6-23-9-11/h5-7,9,12,14H,8H2,1-4H3,(H,18,21)/t12-,14+/m1/s1. The summed E-state index contributed by atoms with van der Waals surface area (Å²) in [6, 6.07) is 1.93. The molecule has 2 aromatic heterocycles. The van der Waals surface area contributed by atoms with Crippen molar-refractivity contribution >= 4 is 17.2 Å². The lowest BCUT2D eigenvalue weighted by atomic mass is 10.1. The van der Waals surface area contributed by atoms with Crippen molar-refractivity contribution in [2.75, 3.05) is 0 Å². The second-order valence-corrected chi connectivity index (χ2v) is 7.59. The second kappa shape index (κ2) is 5.92. The number of hydrogen-bond acceptors (Lipinski definition) is 5. The van der Waals surface area contributed by atoms with Crippen molar-refractivity contribution in [1.29, 1.82) is 0 Å². The van der Waals surface area contributed by atoms with Crippen LogP contribution in [0.25, 0.3) is 11.5 Å². The number of thiophene rings is 1. The molecule has 122 valence electrons. The lowest BCUT2D eigenvalue weighted by Crippen LogP contribution is -2.26. The van der Waals surface area contributed by atoms with Crippen LogP contribution in [0.2, 0.25) is 0 Å². The molecule has 23 heavy (non-hydrogen) atoms. The summed E-state index contributed by atoms with van der Waals surface area (Å²) in [7, 11) is 0. The summed E-state index contributed by atoms with van der Waals surface area (Å²) in [6.07, 6.45) is 2.19. The molecule has 1 aliphatic rings. The fourth-order valence-corrected chi connectivity index (χ4v) is 3.58. The molecule has 0 saturated heterocycles. The van der Waals surface area contributed by atoms with Crippen LogP contribution < -0.4 is 5.32 Å². The number of amides is 1. The molecular weight excluding hydrogens is 310 g/mol. The average Bonchev–Trinajstić information content (AvgIpc) is 2.96. The van der Waals surface area contributed by atoms with Crippen LogP contribution in [-0.4, -0.2) is 16.0 Å². The maximum absolute atomic E-state index is 12.4. The first-order chi connectivity index (χ1) is 10.9. The summed E-state index contributed by atoms with van der Waals surface area (Å²) in [5, 5.41) is 10.8. The quantitative estimate of drug-likeness (QED) is 0.849. The third-order valence-electron chi connectivity index (χ3n) is 4.36. The largest absolute Gasteiger partial charge is 0.348 e. The van der Waals surface area contributed by atoms with Crippen LogP contribution >= 0.6 is 11.3 Å². The minimum absolute atomic E-state index is 0.0143. The van der Waals surface area contributed by atoms with Gasteiger partial charge in [0.15, 0.2) is 5.82 Å². The Bertz CT molecular complexity index is 727. The summed E-state index contributed by atoms with van der Waals surface area (Å²) < 4.78 is 5.22. The van der Waals surface area contributed by atoms with Gasteiger partial charge in [0.25, 0.3) is 5.89 Å². The van der Waals surface area contributed by atoms with E-state index in [1.807, 2.05) is 16.8 Å². The normalized spacial score (nSPS) is 21.7. The molecule has 3 rings (SSSR count). The van der Waals surface area contributed by atoms with Crippen molar-refractivity contribution in [2.45, 2.75) is 34.2 Å². The van der Waals surface area contributed by atoms with Gasteiger partial charge in [-0.1, -0.05) is 30.7 Å². The molecule has 2 atom stereocenters. The first-order valence-electron chi connectivity index (χ1n) is 7.67. The van der Waals surface area contributed by atoms with E-state index in [1.54, 1.807) is 11.3 Å². The van der Waals surface area contributed by atoms with Crippen molar-refractivity contribution in [3.05, 3.63) is 34.3 Å². The number of aromatic nitrogens is 2. The maximum atomic E-state index is 12.4. The Hall–Kier alpha value is -1.95. The Morgan fingerprint density at radius 2 is 2.26 bits per heavy atom. The highest BCUT2D eigenvalue weighted by Crippen LogP contribution is 2.59. The van der Waals surface area contributed by atoms with Gasteiger partial charge in [-0.05, 0) is 36.6 Å². The molecule has 2 heterocycles. The van der Waals surface area contributed by atoms with Crippen LogP contribution in [0.4, 0.5) is 0 Å². The van der Waals surface area contributed by atoms with Gasteiger partial charge in [0.1, 0.15) is 0 Å². The van der Waals surface area contributed by atoms with Gasteiger partial charge in [0, 0.05) is 5.38 Å². The molecule has 0 aliphatic heterocycles. The van der Waals surface area contributed by atoms with Crippen molar-refractivity contribution in [3.63, 3.8) is 0 Å². The molecule has 6 heteroatoms. The van der Waals surface area contributed by atoms with Gasteiger partial charge in [-0.25, -0.2) is 0 Å². The predicted molar refractivity (Wildman–Crippen MR) is 89.6 cm³/mol. The summed E-state index contributed by atoms with van der Waals surface area (Å²) >= 11 is 1.58. The molecule has 1 N–H and O–H groups in total. The first-order valence-corrected chi connectivity index (χ1v) is 8.62. The molecule has 0 bridgehead atoms. The van der Waals surface area contributed by atoms with Crippen LogP contribution in [0.5, 0.6) is 0 Å². The Morgan fingerprint density at radius 3 is 2.91 bits per heavy atom. The van der Waals surface area contributed by atoms with Crippen LogP contribution in [0, 0.1) is 17.3 Å². The fourth-order valence-electron chi connectivity index (χ4n) is 2.95. The zero-order chi connectivity index (χ0) is 16.6. The molecule has 1 saturated carbocycles. The summed E-state index contributed by atoms with van der Waals surface area (Å²) in [5.41, 5.74) is 2.17. The highest BCUT2D eigenvalue weighted by molar-refractivity contribution is 7.08. The van der Waals surface area contributed by atoms with E-state index >= 15 is 0 Å². The highest BCUT2D eigenvalue weighted by Gasteiger charge is 2.60. The highest BCUT2D eigenvalue weighted by atomic mass is 32.1. The van der Waals surface area contributed by atoms with Crippen molar-refractivity contribution in [1.82, 2.24) is 15.5 Å². The molecule has 5 nitrogen and oxygen atoms in total. The van der Waals surface area contributed by atoms with Crippen LogP contribution in [0.15, 0.2) is 33.0 Å². The zero-order valence-electron chi connectivity index (χ0n) is 13.8. The molecule has 2 aromatic rings. The Kier molecular flexibility index (Phi) is 4.10. The minimum Gasteiger partial charge on any atom is -0.348 e. The third kappa shape index (κ3) is 3.22. The number of nitrogens with one attached hydrogen (secondary N) is 1. The number of nitrogens with zero attached hydrogens (tertiary/aromatic N) is 2. The van der Waals surface area contributed by atoms with E-state index in [4.69, 9.17) is 4.52 Å². The lowest BCUT2D eigenvalue weighted by molar-refractivity contribution is -0.123. The van der Waals surface area contributed by atoms with Gasteiger partial charge >= 0.3 is 0 Å². The third-order valence-corrected chi connectivity index (χ3v) is 5.05. The number of allylic oxidation sites excluding steroid dienone is 2. The van der Waals surface area contributed by atoms with E-state index in [0.29, 0.717) is 24.2 Å². The maximum Gasteiger partial charge on any atom is 0.258 e. The summed E-state index contributed by atoms with van der Waals surface area (Å²) in [6.45, 7) is 8.68.